The second-order valence-corrected chi connectivity index (χ2v) is 22.6. The largest absolute Gasteiger partial charge is 0.392 e. The van der Waals surface area contributed by atoms with E-state index in [4.69, 9.17) is 15.0 Å². The number of thiazole rings is 6. The van der Waals surface area contributed by atoms with Crippen molar-refractivity contribution in [3.05, 3.63) is 100 Å². The van der Waals surface area contributed by atoms with Crippen molar-refractivity contribution in [2.45, 2.75) is 84.9 Å². The van der Waals surface area contributed by atoms with Crippen LogP contribution >= 0.6 is 68.0 Å². The van der Waals surface area contributed by atoms with E-state index in [1.54, 1.807) is 48.2 Å². The lowest BCUT2D eigenvalue weighted by Gasteiger charge is -2.21. The van der Waals surface area contributed by atoms with Gasteiger partial charge in [-0.1, -0.05) is 26.0 Å². The molecule has 7 aromatic rings. The summed E-state index contributed by atoms with van der Waals surface area (Å²) in [6.07, 6.45) is -0.261. The number of carbonyl (C=O) groups excluding carboxylic acids is 6. The van der Waals surface area contributed by atoms with Crippen LogP contribution in [-0.2, 0) is 9.59 Å². The van der Waals surface area contributed by atoms with Crippen molar-refractivity contribution in [2.75, 3.05) is 6.54 Å². The van der Waals surface area contributed by atoms with Crippen LogP contribution in [0.15, 0.2) is 62.3 Å². The molecule has 0 fully saturated rings. The predicted octanol–water partition coefficient (Wildman–Crippen LogP) is 5.57. The Morgan fingerprint density at radius 2 is 1.13 bits per heavy atom. The molecule has 0 radical (unpaired) electrons. The van der Waals surface area contributed by atoms with E-state index in [1.165, 1.54) is 77.0 Å². The number of rotatable bonds is 10. The highest BCUT2D eigenvalue weighted by molar-refractivity contribution is 7.15. The average molecular weight is 1140 g/mol. The van der Waals surface area contributed by atoms with Gasteiger partial charge in [0.25, 0.3) is 29.5 Å². The molecule has 6 atom stereocenters. The highest BCUT2D eigenvalue weighted by Gasteiger charge is 2.32. The molecule has 22 nitrogen and oxygen atoms in total. The first kappa shape index (κ1) is 55.3. The Kier molecular flexibility index (Phi) is 17.5. The zero-order valence-electron chi connectivity index (χ0n) is 41.4. The van der Waals surface area contributed by atoms with E-state index in [1.807, 2.05) is 13.8 Å². The quantitative estimate of drug-likeness (QED) is 0.0756. The molecule has 0 saturated heterocycles. The van der Waals surface area contributed by atoms with Gasteiger partial charge in [-0.2, -0.15) is 0 Å². The summed E-state index contributed by atoms with van der Waals surface area (Å²) in [6, 6.07) is 0.366. The van der Waals surface area contributed by atoms with Gasteiger partial charge in [-0.05, 0) is 52.7 Å². The van der Waals surface area contributed by atoms with Gasteiger partial charge in [-0.15, -0.1) is 68.0 Å². The summed E-state index contributed by atoms with van der Waals surface area (Å²) >= 11 is 6.97. The predicted molar refractivity (Wildman–Crippen MR) is 290 cm³/mol. The van der Waals surface area contributed by atoms with E-state index in [9.17, 15) is 44.1 Å². The first-order valence-electron chi connectivity index (χ1n) is 23.3. The monoisotopic (exact) mass is 1140 g/mol. The Balaban J connectivity index is 1.15. The summed E-state index contributed by atoms with van der Waals surface area (Å²) in [5, 5.41) is 59.6. The number of amides is 6. The number of nitrogens with one attached hydrogen (secondary N) is 6. The Bertz CT molecular complexity index is 3380. The molecule has 7 aromatic heterocycles. The smallest absolute Gasteiger partial charge is 0.275 e. The van der Waals surface area contributed by atoms with Crippen LogP contribution in [0.3, 0.4) is 0 Å². The zero-order chi connectivity index (χ0) is 54.5. The lowest BCUT2D eigenvalue weighted by Crippen LogP contribution is -2.52. The number of hydrogen-bond donors (Lipinski definition) is 9. The van der Waals surface area contributed by atoms with Crippen molar-refractivity contribution in [1.29, 1.82) is 0 Å². The topological polar surface area (TPSA) is 326 Å². The molecule has 396 valence electrons. The first-order valence-corrected chi connectivity index (χ1v) is 28.6. The molecule has 0 spiro atoms. The summed E-state index contributed by atoms with van der Waals surface area (Å²) in [5.41, 5.74) is 2.26. The maximum atomic E-state index is 13.9. The second-order valence-electron chi connectivity index (χ2n) is 17.4. The van der Waals surface area contributed by atoms with Crippen molar-refractivity contribution in [3.63, 3.8) is 0 Å². The van der Waals surface area contributed by atoms with Crippen LogP contribution in [0.2, 0.25) is 0 Å². The molecule has 0 aliphatic carbocycles. The maximum absolute atomic E-state index is 13.9. The maximum Gasteiger partial charge on any atom is 0.275 e. The number of hydrogen-bond acceptors (Lipinski definition) is 22. The number of fused-ring (bicyclic) bond motifs is 11. The summed E-state index contributed by atoms with van der Waals surface area (Å²) < 4.78 is 0. The molecular weight excluding hydrogens is 1100 g/mol. The van der Waals surface area contributed by atoms with Crippen molar-refractivity contribution >= 4 is 109 Å². The Morgan fingerprint density at radius 3 is 1.78 bits per heavy atom. The lowest BCUT2D eigenvalue weighted by molar-refractivity contribution is -0.124. The standard InChI is InChI=1S/C48H49N13O9S6/c1-8-24(37(65)49-12-20(5)62)51-38(66)28-15-73-46(56-28)32-18-74-45(58-32)26-11-10-23-36(50-26)27-13-75-48(53-27)35(22(7)64)61-41(69)31-17-76-47(57-31)33(19(3)4)59-39(67)30-16-72-44(55-30)25(9-2)52-42(70)34(21(6)63)60-40(68)29-14-71-43(23)54-29/h8-11,13-22,33-35,62-64H,12H2,1-7H3,(H,49,65)(H,51,66)(H,52,70)(H,59,67)(H,60,68)(H,61,69). The van der Waals surface area contributed by atoms with Crippen LogP contribution in [0.4, 0.5) is 0 Å². The van der Waals surface area contributed by atoms with E-state index < -0.39 is 71.9 Å². The van der Waals surface area contributed by atoms with Gasteiger partial charge in [-0.25, -0.2) is 34.9 Å². The third kappa shape index (κ3) is 12.5. The number of carbonyl (C=O) groups is 6. The van der Waals surface area contributed by atoms with Crippen molar-refractivity contribution in [3.8, 4) is 43.4 Å². The average Bonchev–Trinajstić information content (AvgIpc) is 4.26. The van der Waals surface area contributed by atoms with Gasteiger partial charge < -0.3 is 47.2 Å². The Morgan fingerprint density at radius 1 is 0.605 bits per heavy atom. The molecule has 76 heavy (non-hydrogen) atoms. The van der Waals surface area contributed by atoms with E-state index in [-0.39, 0.29) is 51.6 Å². The Hall–Kier alpha value is -6.89. The summed E-state index contributed by atoms with van der Waals surface area (Å²) in [4.78, 5) is 114. The fraction of sp³-hybridized carbons (Fsp3) is 0.312. The third-order valence-electron chi connectivity index (χ3n) is 11.2. The summed E-state index contributed by atoms with van der Waals surface area (Å²) in [5.74, 6) is -4.00. The highest BCUT2D eigenvalue weighted by Crippen LogP contribution is 2.38. The molecule has 28 heteroatoms. The highest BCUT2D eigenvalue weighted by atomic mass is 32.1. The van der Waals surface area contributed by atoms with Crippen LogP contribution < -0.4 is 31.9 Å². The van der Waals surface area contributed by atoms with Gasteiger partial charge >= 0.3 is 0 Å². The number of aliphatic hydroxyl groups excluding tert-OH is 3. The van der Waals surface area contributed by atoms with Gasteiger partial charge in [0.05, 0.1) is 35.7 Å². The minimum atomic E-state index is -1.45. The molecule has 1 aliphatic rings. The third-order valence-corrected chi connectivity index (χ3v) is 16.6. The number of nitrogens with zero attached hydrogens (tertiary/aromatic N) is 7. The van der Waals surface area contributed by atoms with Gasteiger partial charge in [-0.3, -0.25) is 28.8 Å². The van der Waals surface area contributed by atoms with E-state index in [0.717, 1.165) is 34.0 Å². The summed E-state index contributed by atoms with van der Waals surface area (Å²) in [6.45, 7) is 11.4. The molecule has 0 saturated carbocycles. The van der Waals surface area contributed by atoms with Gasteiger partial charge in [0.2, 0.25) is 5.91 Å². The first-order chi connectivity index (χ1) is 36.3. The van der Waals surface area contributed by atoms with Crippen LogP contribution in [0, 0.1) is 5.92 Å². The van der Waals surface area contributed by atoms with Crippen LogP contribution in [0.25, 0.3) is 49.1 Å². The minimum absolute atomic E-state index is 0.00119. The fourth-order valence-corrected chi connectivity index (χ4v) is 12.4. The van der Waals surface area contributed by atoms with E-state index >= 15 is 0 Å². The molecule has 0 aromatic carbocycles. The number of aromatic nitrogens is 7. The second kappa shape index (κ2) is 24.0. The van der Waals surface area contributed by atoms with Crippen molar-refractivity contribution < 1.29 is 44.1 Å². The van der Waals surface area contributed by atoms with E-state index in [0.29, 0.717) is 53.4 Å². The van der Waals surface area contributed by atoms with Crippen LogP contribution in [-0.4, -0.2) is 117 Å². The molecule has 8 bridgehead atoms. The zero-order valence-corrected chi connectivity index (χ0v) is 46.3. The van der Waals surface area contributed by atoms with Gasteiger partial charge in [0.1, 0.15) is 87.7 Å². The molecule has 6 amide bonds. The van der Waals surface area contributed by atoms with Crippen molar-refractivity contribution in [2.24, 2.45) is 5.92 Å². The lowest BCUT2D eigenvalue weighted by atomic mass is 10.1. The molecular formula is C48H49N13O9S6. The number of pyridine rings is 1. The minimum Gasteiger partial charge on any atom is -0.392 e. The molecule has 1 aliphatic heterocycles. The summed E-state index contributed by atoms with van der Waals surface area (Å²) in [7, 11) is 0. The molecule has 6 unspecified atom stereocenters. The van der Waals surface area contributed by atoms with E-state index in [2.05, 4.69) is 51.8 Å². The van der Waals surface area contributed by atoms with Crippen LogP contribution in [0.5, 0.6) is 0 Å². The van der Waals surface area contributed by atoms with Crippen LogP contribution in [0.1, 0.15) is 118 Å². The SMILES string of the molecule is CC=C(NC(=O)c1csc(-c2csc(-c3ccc4c(n3)-c3csc(n3)C(C(C)O)NC(=O)c3csc(n3)C(C(C)C)NC(=O)c3csc(n3)C(=CC)NC(=O)C(C(C)O)NC(=O)c3csc-4n3)n2)n1)C(=O)NCC(C)O. The fourth-order valence-electron chi connectivity index (χ4n) is 7.20. The number of aliphatic hydroxyl groups is 3. The normalized spacial score (nSPS) is 18.5. The van der Waals surface area contributed by atoms with Gasteiger partial charge in [0, 0.05) is 44.4 Å². The molecule has 8 heterocycles. The Labute approximate surface area is 458 Å². The van der Waals surface area contributed by atoms with Crippen molar-refractivity contribution in [1.82, 2.24) is 66.8 Å². The number of allylic oxidation sites excluding steroid dienone is 2. The van der Waals surface area contributed by atoms with Gasteiger partial charge in [0.15, 0.2) is 0 Å². The molecule has 8 rings (SSSR count). The molecule has 9 N–H and O–H groups in total.